The van der Waals surface area contributed by atoms with Gasteiger partial charge in [-0.3, -0.25) is 9.88 Å². The summed E-state index contributed by atoms with van der Waals surface area (Å²) in [5.41, 5.74) is 2.48. The molecule has 0 aromatic carbocycles. The second kappa shape index (κ2) is 4.07. The molecule has 1 aliphatic rings. The van der Waals surface area contributed by atoms with Gasteiger partial charge in [0.2, 0.25) is 0 Å². The molecule has 1 saturated heterocycles. The average molecular weight is 191 g/mol. The predicted octanol–water partition coefficient (Wildman–Crippen LogP) is 0.794. The fourth-order valence-electron chi connectivity index (χ4n) is 1.67. The van der Waals surface area contributed by atoms with Gasteiger partial charge >= 0.3 is 0 Å². The summed E-state index contributed by atoms with van der Waals surface area (Å²) >= 11 is 0. The number of nitrogens with zero attached hydrogens (tertiary/aromatic N) is 2. The zero-order chi connectivity index (χ0) is 9.97. The van der Waals surface area contributed by atoms with Gasteiger partial charge in [-0.05, 0) is 25.6 Å². The van der Waals surface area contributed by atoms with E-state index < -0.39 is 0 Å². The summed E-state index contributed by atoms with van der Waals surface area (Å²) < 4.78 is 0. The Hall–Kier alpha value is -0.930. The minimum atomic E-state index is 0.703. The molecule has 3 nitrogen and oxygen atoms in total. The van der Waals surface area contributed by atoms with E-state index in [2.05, 4.69) is 35.2 Å². The zero-order valence-electron chi connectivity index (χ0n) is 8.83. The molecular formula is C11H17N3. The SMILES string of the molecule is Cc1ncccc1CN(C)C1CNC1. The van der Waals surface area contributed by atoms with E-state index in [4.69, 9.17) is 0 Å². The molecule has 1 N–H and O–H groups in total. The number of pyridine rings is 1. The van der Waals surface area contributed by atoms with Crippen molar-refractivity contribution < 1.29 is 0 Å². The number of likely N-dealkylation sites (N-methyl/N-ethyl adjacent to an activating group) is 1. The molecule has 14 heavy (non-hydrogen) atoms. The van der Waals surface area contributed by atoms with Crippen molar-refractivity contribution in [3.8, 4) is 0 Å². The Bertz CT molecular complexity index is 307. The Kier molecular flexibility index (Phi) is 2.79. The van der Waals surface area contributed by atoms with Crippen LogP contribution in [0.3, 0.4) is 0 Å². The molecule has 1 aliphatic heterocycles. The fraction of sp³-hybridized carbons (Fsp3) is 0.545. The molecule has 0 radical (unpaired) electrons. The van der Waals surface area contributed by atoms with Crippen molar-refractivity contribution in [1.29, 1.82) is 0 Å². The molecule has 2 heterocycles. The highest BCUT2D eigenvalue weighted by molar-refractivity contribution is 5.18. The lowest BCUT2D eigenvalue weighted by molar-refractivity contribution is 0.172. The number of aromatic nitrogens is 1. The maximum Gasteiger partial charge on any atom is 0.0417 e. The molecule has 1 aromatic heterocycles. The largest absolute Gasteiger partial charge is 0.314 e. The highest BCUT2D eigenvalue weighted by Crippen LogP contribution is 2.10. The molecule has 0 saturated carbocycles. The lowest BCUT2D eigenvalue weighted by atomic mass is 10.1. The number of aryl methyl sites for hydroxylation is 1. The molecule has 0 spiro atoms. The number of rotatable bonds is 3. The Morgan fingerprint density at radius 2 is 2.36 bits per heavy atom. The van der Waals surface area contributed by atoms with Gasteiger partial charge in [0.25, 0.3) is 0 Å². The van der Waals surface area contributed by atoms with Crippen LogP contribution in [0.1, 0.15) is 11.3 Å². The summed E-state index contributed by atoms with van der Waals surface area (Å²) in [4.78, 5) is 6.68. The maximum atomic E-state index is 4.29. The van der Waals surface area contributed by atoms with Crippen LogP contribution in [-0.2, 0) is 6.54 Å². The first kappa shape index (κ1) is 9.62. The molecule has 0 atom stereocenters. The molecular weight excluding hydrogens is 174 g/mol. The first-order valence-corrected chi connectivity index (χ1v) is 5.09. The highest BCUT2D eigenvalue weighted by Gasteiger charge is 2.21. The van der Waals surface area contributed by atoms with Crippen molar-refractivity contribution in [2.75, 3.05) is 20.1 Å². The topological polar surface area (TPSA) is 28.2 Å². The number of nitrogens with one attached hydrogen (secondary N) is 1. The van der Waals surface area contributed by atoms with E-state index >= 15 is 0 Å². The molecule has 3 heteroatoms. The quantitative estimate of drug-likeness (QED) is 0.765. The van der Waals surface area contributed by atoms with Gasteiger partial charge in [-0.15, -0.1) is 0 Å². The minimum absolute atomic E-state index is 0.703. The van der Waals surface area contributed by atoms with Crippen LogP contribution in [0.2, 0.25) is 0 Å². The lowest BCUT2D eigenvalue weighted by Crippen LogP contribution is -2.55. The van der Waals surface area contributed by atoms with Gasteiger partial charge < -0.3 is 5.32 Å². The molecule has 0 amide bonds. The number of hydrogen-bond donors (Lipinski definition) is 1. The molecule has 76 valence electrons. The van der Waals surface area contributed by atoms with Crippen LogP contribution in [0.15, 0.2) is 18.3 Å². The Morgan fingerprint density at radius 1 is 1.57 bits per heavy atom. The summed E-state index contributed by atoms with van der Waals surface area (Å²) in [6, 6.07) is 4.87. The van der Waals surface area contributed by atoms with Gasteiger partial charge in [0.05, 0.1) is 0 Å². The standard InChI is InChI=1S/C11H17N3/c1-9-10(4-3-5-13-9)8-14(2)11-6-12-7-11/h3-5,11-12H,6-8H2,1-2H3. The van der Waals surface area contributed by atoms with E-state index in [-0.39, 0.29) is 0 Å². The average Bonchev–Trinajstić information content (AvgIpc) is 2.05. The van der Waals surface area contributed by atoms with Crippen molar-refractivity contribution >= 4 is 0 Å². The van der Waals surface area contributed by atoms with Gasteiger partial charge in [-0.2, -0.15) is 0 Å². The van der Waals surface area contributed by atoms with Crippen molar-refractivity contribution in [3.63, 3.8) is 0 Å². The first-order valence-electron chi connectivity index (χ1n) is 5.09. The summed E-state index contributed by atoms with van der Waals surface area (Å²) in [6.45, 7) is 5.32. The summed E-state index contributed by atoms with van der Waals surface area (Å²) in [6.07, 6.45) is 1.85. The van der Waals surface area contributed by atoms with Crippen LogP contribution >= 0.6 is 0 Å². The monoisotopic (exact) mass is 191 g/mol. The van der Waals surface area contributed by atoms with Crippen LogP contribution in [0.25, 0.3) is 0 Å². The predicted molar refractivity (Wildman–Crippen MR) is 57.1 cm³/mol. The van der Waals surface area contributed by atoms with E-state index in [0.717, 1.165) is 25.3 Å². The Labute approximate surface area is 85.1 Å². The second-order valence-electron chi connectivity index (χ2n) is 3.98. The van der Waals surface area contributed by atoms with E-state index in [1.165, 1.54) is 5.56 Å². The third-order valence-corrected chi connectivity index (χ3v) is 2.92. The van der Waals surface area contributed by atoms with Gasteiger partial charge in [-0.1, -0.05) is 6.07 Å². The summed E-state index contributed by atoms with van der Waals surface area (Å²) in [7, 11) is 2.18. The van der Waals surface area contributed by atoms with E-state index in [0.29, 0.717) is 6.04 Å². The van der Waals surface area contributed by atoms with Gasteiger partial charge in [0.15, 0.2) is 0 Å². The molecule has 0 bridgehead atoms. The third kappa shape index (κ3) is 1.94. The van der Waals surface area contributed by atoms with Crippen LogP contribution in [0.5, 0.6) is 0 Å². The molecule has 0 unspecified atom stereocenters. The van der Waals surface area contributed by atoms with Gasteiger partial charge in [0, 0.05) is 37.6 Å². The second-order valence-corrected chi connectivity index (χ2v) is 3.98. The summed E-state index contributed by atoms with van der Waals surface area (Å²) in [5, 5.41) is 3.29. The highest BCUT2D eigenvalue weighted by atomic mass is 15.2. The van der Waals surface area contributed by atoms with Crippen molar-refractivity contribution in [2.45, 2.75) is 19.5 Å². The van der Waals surface area contributed by atoms with Crippen molar-refractivity contribution in [1.82, 2.24) is 15.2 Å². The first-order chi connectivity index (χ1) is 6.77. The Morgan fingerprint density at radius 3 is 2.93 bits per heavy atom. The van der Waals surface area contributed by atoms with Crippen molar-refractivity contribution in [3.05, 3.63) is 29.6 Å². The number of hydrogen-bond acceptors (Lipinski definition) is 3. The Balaban J connectivity index is 1.99. The lowest BCUT2D eigenvalue weighted by Gasteiger charge is -2.35. The minimum Gasteiger partial charge on any atom is -0.314 e. The molecule has 1 aromatic rings. The van der Waals surface area contributed by atoms with Crippen LogP contribution < -0.4 is 5.32 Å². The van der Waals surface area contributed by atoms with Gasteiger partial charge in [-0.25, -0.2) is 0 Å². The molecule has 0 aliphatic carbocycles. The zero-order valence-corrected chi connectivity index (χ0v) is 8.83. The van der Waals surface area contributed by atoms with E-state index in [1.807, 2.05) is 12.3 Å². The maximum absolute atomic E-state index is 4.29. The molecule has 1 fully saturated rings. The van der Waals surface area contributed by atoms with Gasteiger partial charge in [0.1, 0.15) is 0 Å². The summed E-state index contributed by atoms with van der Waals surface area (Å²) in [5.74, 6) is 0. The van der Waals surface area contributed by atoms with Crippen LogP contribution in [-0.4, -0.2) is 36.1 Å². The fourth-order valence-corrected chi connectivity index (χ4v) is 1.67. The third-order valence-electron chi connectivity index (χ3n) is 2.92. The van der Waals surface area contributed by atoms with E-state index in [9.17, 15) is 0 Å². The smallest absolute Gasteiger partial charge is 0.0417 e. The van der Waals surface area contributed by atoms with E-state index in [1.54, 1.807) is 0 Å². The van der Waals surface area contributed by atoms with Crippen LogP contribution in [0.4, 0.5) is 0 Å². The van der Waals surface area contributed by atoms with Crippen molar-refractivity contribution in [2.24, 2.45) is 0 Å². The molecule has 2 rings (SSSR count). The van der Waals surface area contributed by atoms with Crippen LogP contribution in [0, 0.1) is 6.92 Å². The normalized spacial score (nSPS) is 17.1.